The summed E-state index contributed by atoms with van der Waals surface area (Å²) in [5, 5.41) is 0. The molecule has 3 nitrogen and oxygen atoms in total. The van der Waals surface area contributed by atoms with Crippen LogP contribution in [0.1, 0.15) is 35.1 Å². The third-order valence-electron chi connectivity index (χ3n) is 1.88. The number of esters is 1. The summed E-state index contributed by atoms with van der Waals surface area (Å²) >= 11 is 0. The molecule has 0 saturated carbocycles. The van der Waals surface area contributed by atoms with Crippen LogP contribution in [0.3, 0.4) is 0 Å². The first-order valence-corrected chi connectivity index (χ1v) is 4.59. The molecule has 0 saturated heterocycles. The van der Waals surface area contributed by atoms with E-state index in [4.69, 9.17) is 0 Å². The Balaban J connectivity index is 3.24. The van der Waals surface area contributed by atoms with Crippen LogP contribution < -0.4 is 0 Å². The van der Waals surface area contributed by atoms with Crippen LogP contribution in [0.25, 0.3) is 0 Å². The maximum absolute atomic E-state index is 13.1. The molecular formula is C10H10F3NO2. The van der Waals surface area contributed by atoms with E-state index in [1.54, 1.807) is 0 Å². The molecule has 1 aromatic heterocycles. The van der Waals surface area contributed by atoms with Crippen molar-refractivity contribution in [3.05, 3.63) is 28.8 Å². The first-order valence-electron chi connectivity index (χ1n) is 4.59. The number of nitrogens with zero attached hydrogens (tertiary/aromatic N) is 1. The Hall–Kier alpha value is -1.59. The second-order valence-corrected chi connectivity index (χ2v) is 3.01. The van der Waals surface area contributed by atoms with E-state index in [1.807, 2.05) is 0 Å². The van der Waals surface area contributed by atoms with Crippen LogP contribution in [0.15, 0.2) is 6.07 Å². The van der Waals surface area contributed by atoms with E-state index in [0.717, 1.165) is 6.07 Å². The molecule has 0 spiro atoms. The normalized spacial score (nSPS) is 10.6. The number of halogens is 3. The Morgan fingerprint density at radius 2 is 2.19 bits per heavy atom. The van der Waals surface area contributed by atoms with E-state index in [0.29, 0.717) is 0 Å². The molecule has 0 radical (unpaired) electrons. The first-order chi connectivity index (χ1) is 7.47. The summed E-state index contributed by atoms with van der Waals surface area (Å²) in [6.07, 6.45) is -2.95. The lowest BCUT2D eigenvalue weighted by Gasteiger charge is -2.08. The Labute approximate surface area is 90.2 Å². The smallest absolute Gasteiger partial charge is 0.340 e. The molecule has 0 N–H and O–H groups in total. The first kappa shape index (κ1) is 12.5. The van der Waals surface area contributed by atoms with Crippen LogP contribution in [0.4, 0.5) is 13.2 Å². The molecule has 1 aromatic rings. The van der Waals surface area contributed by atoms with Crippen molar-refractivity contribution in [3.8, 4) is 0 Å². The van der Waals surface area contributed by atoms with Gasteiger partial charge >= 0.3 is 5.97 Å². The Bertz CT molecular complexity index is 407. The van der Waals surface area contributed by atoms with Gasteiger partial charge in [0.15, 0.2) is 0 Å². The molecule has 0 aliphatic heterocycles. The maximum atomic E-state index is 13.1. The number of hydrogen-bond donors (Lipinski definition) is 0. The SMILES string of the molecule is CCOC(=O)c1cc(F)c(C)nc1C(F)F. The van der Waals surface area contributed by atoms with Gasteiger partial charge in [0, 0.05) is 0 Å². The summed E-state index contributed by atoms with van der Waals surface area (Å²) in [5.74, 6) is -1.81. The lowest BCUT2D eigenvalue weighted by molar-refractivity contribution is 0.0512. The predicted molar refractivity (Wildman–Crippen MR) is 49.8 cm³/mol. The van der Waals surface area contributed by atoms with Crippen LogP contribution in [-0.2, 0) is 4.74 Å². The van der Waals surface area contributed by atoms with Gasteiger partial charge in [-0.1, -0.05) is 0 Å². The van der Waals surface area contributed by atoms with Crippen molar-refractivity contribution >= 4 is 5.97 Å². The summed E-state index contributed by atoms with van der Waals surface area (Å²) in [4.78, 5) is 14.6. The highest BCUT2D eigenvalue weighted by atomic mass is 19.3. The Morgan fingerprint density at radius 3 is 2.69 bits per heavy atom. The molecule has 16 heavy (non-hydrogen) atoms. The molecule has 0 atom stereocenters. The molecule has 6 heteroatoms. The monoisotopic (exact) mass is 233 g/mol. The number of aryl methyl sites for hydroxylation is 1. The number of aromatic nitrogens is 1. The van der Waals surface area contributed by atoms with Gasteiger partial charge in [-0.15, -0.1) is 0 Å². The second-order valence-electron chi connectivity index (χ2n) is 3.01. The Morgan fingerprint density at radius 1 is 1.56 bits per heavy atom. The number of rotatable bonds is 3. The average molecular weight is 233 g/mol. The second kappa shape index (κ2) is 4.96. The largest absolute Gasteiger partial charge is 0.462 e. The van der Waals surface area contributed by atoms with E-state index in [-0.39, 0.29) is 12.3 Å². The quantitative estimate of drug-likeness (QED) is 0.753. The van der Waals surface area contributed by atoms with Crippen LogP contribution in [0.2, 0.25) is 0 Å². The minimum atomic E-state index is -2.95. The third kappa shape index (κ3) is 2.50. The van der Waals surface area contributed by atoms with E-state index in [1.165, 1.54) is 13.8 Å². The zero-order valence-electron chi connectivity index (χ0n) is 8.76. The van der Waals surface area contributed by atoms with Crippen LogP contribution >= 0.6 is 0 Å². The van der Waals surface area contributed by atoms with Gasteiger partial charge in [0.2, 0.25) is 0 Å². The molecular weight excluding hydrogens is 223 g/mol. The van der Waals surface area contributed by atoms with Gasteiger partial charge in [-0.25, -0.2) is 22.9 Å². The van der Waals surface area contributed by atoms with Crippen LogP contribution in [0, 0.1) is 12.7 Å². The standard InChI is InChI=1S/C10H10F3NO2/c1-3-16-10(15)6-4-7(11)5(2)14-8(6)9(12)13/h4,9H,3H2,1-2H3. The fourth-order valence-electron chi connectivity index (χ4n) is 1.14. The lowest BCUT2D eigenvalue weighted by atomic mass is 10.1. The van der Waals surface area contributed by atoms with Gasteiger partial charge in [-0.05, 0) is 19.9 Å². The molecule has 0 unspecified atom stereocenters. The lowest BCUT2D eigenvalue weighted by Crippen LogP contribution is -2.12. The third-order valence-corrected chi connectivity index (χ3v) is 1.88. The molecule has 0 aliphatic rings. The predicted octanol–water partition coefficient (Wildman–Crippen LogP) is 2.64. The molecule has 0 amide bonds. The van der Waals surface area contributed by atoms with Gasteiger partial charge in [0.05, 0.1) is 17.9 Å². The number of alkyl halides is 2. The average Bonchev–Trinajstić information content (AvgIpc) is 2.21. The van der Waals surface area contributed by atoms with Gasteiger partial charge in [0.25, 0.3) is 6.43 Å². The topological polar surface area (TPSA) is 39.2 Å². The molecule has 1 heterocycles. The highest BCUT2D eigenvalue weighted by Gasteiger charge is 2.23. The summed E-state index contributed by atoms with van der Waals surface area (Å²) in [6.45, 7) is 2.80. The number of carbonyl (C=O) groups excluding carboxylic acids is 1. The fraction of sp³-hybridized carbons (Fsp3) is 0.400. The van der Waals surface area contributed by atoms with E-state index >= 15 is 0 Å². The maximum Gasteiger partial charge on any atom is 0.340 e. The van der Waals surface area contributed by atoms with Crippen molar-refractivity contribution in [1.82, 2.24) is 4.98 Å². The number of carbonyl (C=O) groups is 1. The zero-order chi connectivity index (χ0) is 12.3. The minimum Gasteiger partial charge on any atom is -0.462 e. The van der Waals surface area contributed by atoms with Crippen molar-refractivity contribution in [2.75, 3.05) is 6.61 Å². The summed E-state index contributed by atoms with van der Waals surface area (Å²) < 4.78 is 42.7. The van der Waals surface area contributed by atoms with Crippen LogP contribution in [-0.4, -0.2) is 17.6 Å². The Kier molecular flexibility index (Phi) is 3.87. The fourth-order valence-corrected chi connectivity index (χ4v) is 1.14. The molecule has 0 aliphatic carbocycles. The van der Waals surface area contributed by atoms with Gasteiger partial charge in [-0.3, -0.25) is 0 Å². The molecule has 0 fully saturated rings. The zero-order valence-corrected chi connectivity index (χ0v) is 8.76. The van der Waals surface area contributed by atoms with E-state index in [9.17, 15) is 18.0 Å². The summed E-state index contributed by atoms with van der Waals surface area (Å²) in [7, 11) is 0. The minimum absolute atomic E-state index is 0.0248. The van der Waals surface area contributed by atoms with E-state index < -0.39 is 29.5 Å². The van der Waals surface area contributed by atoms with Gasteiger partial charge < -0.3 is 4.74 Å². The highest BCUT2D eigenvalue weighted by molar-refractivity contribution is 5.90. The number of pyridine rings is 1. The van der Waals surface area contributed by atoms with Crippen molar-refractivity contribution in [3.63, 3.8) is 0 Å². The van der Waals surface area contributed by atoms with Crippen molar-refractivity contribution < 1.29 is 22.7 Å². The summed E-state index contributed by atoms with van der Waals surface area (Å²) in [6, 6.07) is 0.724. The molecule has 0 aromatic carbocycles. The molecule has 88 valence electrons. The van der Waals surface area contributed by atoms with E-state index in [2.05, 4.69) is 9.72 Å². The number of hydrogen-bond acceptors (Lipinski definition) is 3. The van der Waals surface area contributed by atoms with Gasteiger partial charge in [0.1, 0.15) is 11.5 Å². The van der Waals surface area contributed by atoms with Crippen molar-refractivity contribution in [1.29, 1.82) is 0 Å². The molecule has 1 rings (SSSR count). The van der Waals surface area contributed by atoms with Crippen LogP contribution in [0.5, 0.6) is 0 Å². The molecule has 0 bridgehead atoms. The summed E-state index contributed by atoms with van der Waals surface area (Å²) in [5.41, 5.74) is -1.46. The van der Waals surface area contributed by atoms with Crippen molar-refractivity contribution in [2.24, 2.45) is 0 Å². The highest BCUT2D eigenvalue weighted by Crippen LogP contribution is 2.23. The van der Waals surface area contributed by atoms with Crippen molar-refractivity contribution in [2.45, 2.75) is 20.3 Å². The van der Waals surface area contributed by atoms with Gasteiger partial charge in [-0.2, -0.15) is 0 Å². The number of ether oxygens (including phenoxy) is 1.